The van der Waals surface area contributed by atoms with E-state index in [1.807, 2.05) is 31.2 Å². The van der Waals surface area contributed by atoms with E-state index in [-0.39, 0.29) is 5.91 Å². The third-order valence-electron chi connectivity index (χ3n) is 3.12. The molecule has 0 aliphatic rings. The number of rotatable bonds is 6. The minimum atomic E-state index is -0.246. The van der Waals surface area contributed by atoms with Gasteiger partial charge in [0.2, 0.25) is 0 Å². The first kappa shape index (κ1) is 16.7. The molecular formula is C19H22N2O2. The van der Waals surface area contributed by atoms with Crippen LogP contribution in [0.2, 0.25) is 0 Å². The Kier molecular flexibility index (Phi) is 5.92. The van der Waals surface area contributed by atoms with Crippen molar-refractivity contribution in [3.63, 3.8) is 0 Å². The van der Waals surface area contributed by atoms with Crippen LogP contribution in [-0.2, 0) is 0 Å². The van der Waals surface area contributed by atoms with E-state index < -0.39 is 0 Å². The Morgan fingerprint density at radius 1 is 1.22 bits per heavy atom. The minimum Gasteiger partial charge on any atom is -0.493 e. The highest BCUT2D eigenvalue weighted by Gasteiger charge is 2.04. The number of hydrogen-bond acceptors (Lipinski definition) is 3. The Hall–Kier alpha value is -2.62. The van der Waals surface area contributed by atoms with E-state index in [1.54, 1.807) is 30.5 Å². The van der Waals surface area contributed by atoms with Crippen molar-refractivity contribution in [2.75, 3.05) is 6.61 Å². The van der Waals surface area contributed by atoms with Crippen molar-refractivity contribution in [3.05, 3.63) is 65.2 Å². The molecule has 2 aromatic rings. The average Bonchev–Trinajstić information content (AvgIpc) is 2.53. The fourth-order valence-electron chi connectivity index (χ4n) is 1.95. The van der Waals surface area contributed by atoms with Gasteiger partial charge in [0.25, 0.3) is 5.91 Å². The normalized spacial score (nSPS) is 11.0. The third-order valence-corrected chi connectivity index (χ3v) is 3.12. The van der Waals surface area contributed by atoms with Crippen molar-refractivity contribution in [2.45, 2.75) is 20.8 Å². The number of nitrogens with zero attached hydrogens (tertiary/aromatic N) is 1. The summed E-state index contributed by atoms with van der Waals surface area (Å²) >= 11 is 0. The molecule has 1 N–H and O–H groups in total. The molecule has 0 aromatic heterocycles. The fourth-order valence-corrected chi connectivity index (χ4v) is 1.95. The molecule has 0 aliphatic carbocycles. The summed E-state index contributed by atoms with van der Waals surface area (Å²) in [7, 11) is 0. The zero-order valence-electron chi connectivity index (χ0n) is 13.7. The molecular weight excluding hydrogens is 288 g/mol. The molecule has 0 bridgehead atoms. The van der Waals surface area contributed by atoms with Crippen molar-refractivity contribution in [2.24, 2.45) is 11.0 Å². The Labute approximate surface area is 137 Å². The molecule has 0 aliphatic heterocycles. The Balaban J connectivity index is 1.90. The van der Waals surface area contributed by atoms with E-state index in [0.29, 0.717) is 18.1 Å². The van der Waals surface area contributed by atoms with Crippen molar-refractivity contribution >= 4 is 12.1 Å². The van der Waals surface area contributed by atoms with Crippen molar-refractivity contribution in [3.8, 4) is 5.75 Å². The maximum atomic E-state index is 12.0. The van der Waals surface area contributed by atoms with Gasteiger partial charge in [-0.3, -0.25) is 4.79 Å². The van der Waals surface area contributed by atoms with E-state index in [9.17, 15) is 4.79 Å². The summed E-state index contributed by atoms with van der Waals surface area (Å²) in [5.41, 5.74) is 5.17. The molecule has 0 saturated heterocycles. The number of hydrazone groups is 1. The van der Waals surface area contributed by atoms with E-state index in [4.69, 9.17) is 4.74 Å². The topological polar surface area (TPSA) is 50.7 Å². The van der Waals surface area contributed by atoms with E-state index in [1.165, 1.54) is 0 Å². The molecule has 120 valence electrons. The van der Waals surface area contributed by atoms with Gasteiger partial charge in [-0.25, -0.2) is 5.43 Å². The summed E-state index contributed by atoms with van der Waals surface area (Å²) in [4.78, 5) is 12.0. The van der Waals surface area contributed by atoms with Crippen LogP contribution in [0.3, 0.4) is 0 Å². The largest absolute Gasteiger partial charge is 0.493 e. The molecule has 4 nitrogen and oxygen atoms in total. The molecule has 0 fully saturated rings. The predicted molar refractivity (Wildman–Crippen MR) is 93.0 cm³/mol. The van der Waals surface area contributed by atoms with E-state index in [0.717, 1.165) is 16.9 Å². The zero-order valence-corrected chi connectivity index (χ0v) is 13.7. The van der Waals surface area contributed by atoms with Gasteiger partial charge in [-0.2, -0.15) is 5.10 Å². The summed E-state index contributed by atoms with van der Waals surface area (Å²) in [5, 5.41) is 3.99. The minimum absolute atomic E-state index is 0.246. The highest BCUT2D eigenvalue weighted by atomic mass is 16.5. The first-order valence-corrected chi connectivity index (χ1v) is 7.67. The molecule has 0 saturated carbocycles. The van der Waals surface area contributed by atoms with Crippen molar-refractivity contribution < 1.29 is 9.53 Å². The lowest BCUT2D eigenvalue weighted by Gasteiger charge is -2.08. The lowest BCUT2D eigenvalue weighted by molar-refractivity contribution is 0.0955. The van der Waals surface area contributed by atoms with Gasteiger partial charge in [0.15, 0.2) is 0 Å². The molecule has 2 rings (SSSR count). The smallest absolute Gasteiger partial charge is 0.271 e. The zero-order chi connectivity index (χ0) is 16.7. The van der Waals surface area contributed by atoms with E-state index in [2.05, 4.69) is 24.4 Å². The maximum absolute atomic E-state index is 12.0. The quantitative estimate of drug-likeness (QED) is 0.652. The summed E-state index contributed by atoms with van der Waals surface area (Å²) in [6, 6.07) is 14.9. The molecule has 0 radical (unpaired) electrons. The first-order chi connectivity index (χ1) is 11.0. The van der Waals surface area contributed by atoms with Crippen LogP contribution in [-0.4, -0.2) is 18.7 Å². The molecule has 2 aromatic carbocycles. The standard InChI is InChI=1S/C19H22N2O2/c1-14(2)13-23-18-9-7-17(8-10-18)19(22)21-20-12-16-6-4-5-15(3)11-16/h4-12,14H,13H2,1-3H3,(H,21,22). The molecule has 0 unspecified atom stereocenters. The number of benzene rings is 2. The summed E-state index contributed by atoms with van der Waals surface area (Å²) in [6.07, 6.45) is 1.63. The predicted octanol–water partition coefficient (Wildman–Crippen LogP) is 3.79. The fraction of sp³-hybridized carbons (Fsp3) is 0.263. The number of nitrogens with one attached hydrogen (secondary N) is 1. The van der Waals surface area contributed by atoms with Gasteiger partial charge in [0, 0.05) is 5.56 Å². The number of amides is 1. The van der Waals surface area contributed by atoms with Gasteiger partial charge in [-0.1, -0.05) is 43.7 Å². The maximum Gasteiger partial charge on any atom is 0.271 e. The van der Waals surface area contributed by atoms with Crippen LogP contribution < -0.4 is 10.2 Å². The summed E-state index contributed by atoms with van der Waals surface area (Å²) in [6.45, 7) is 6.85. The molecule has 0 spiro atoms. The highest BCUT2D eigenvalue weighted by molar-refractivity contribution is 5.95. The molecule has 0 heterocycles. The van der Waals surface area contributed by atoms with Crippen LogP contribution >= 0.6 is 0 Å². The van der Waals surface area contributed by atoms with Gasteiger partial charge < -0.3 is 4.74 Å². The second-order valence-electron chi connectivity index (χ2n) is 5.84. The number of aryl methyl sites for hydroxylation is 1. The van der Waals surface area contributed by atoms with Crippen LogP contribution in [0.5, 0.6) is 5.75 Å². The third kappa shape index (κ3) is 5.58. The number of ether oxygens (including phenoxy) is 1. The van der Waals surface area contributed by atoms with Gasteiger partial charge >= 0.3 is 0 Å². The first-order valence-electron chi connectivity index (χ1n) is 7.67. The lowest BCUT2D eigenvalue weighted by Crippen LogP contribution is -2.17. The van der Waals surface area contributed by atoms with Crippen LogP contribution in [0.15, 0.2) is 53.6 Å². The molecule has 0 atom stereocenters. The van der Waals surface area contributed by atoms with Gasteiger partial charge in [0.1, 0.15) is 5.75 Å². The summed E-state index contributed by atoms with van der Waals surface area (Å²) in [5.74, 6) is 0.983. The van der Waals surface area contributed by atoms with Crippen LogP contribution in [0.4, 0.5) is 0 Å². The van der Waals surface area contributed by atoms with Crippen LogP contribution in [0, 0.1) is 12.8 Å². The average molecular weight is 310 g/mol. The van der Waals surface area contributed by atoms with Gasteiger partial charge in [0.05, 0.1) is 12.8 Å². The SMILES string of the molecule is Cc1cccc(C=NNC(=O)c2ccc(OCC(C)C)cc2)c1. The van der Waals surface area contributed by atoms with Gasteiger partial charge in [-0.15, -0.1) is 0 Å². The lowest BCUT2D eigenvalue weighted by atomic mass is 10.2. The number of carbonyl (C=O) groups is 1. The summed E-state index contributed by atoms with van der Waals surface area (Å²) < 4.78 is 5.59. The molecule has 23 heavy (non-hydrogen) atoms. The van der Waals surface area contributed by atoms with Crippen molar-refractivity contribution in [1.82, 2.24) is 5.43 Å². The van der Waals surface area contributed by atoms with E-state index >= 15 is 0 Å². The van der Waals surface area contributed by atoms with Crippen molar-refractivity contribution in [1.29, 1.82) is 0 Å². The van der Waals surface area contributed by atoms with Crippen LogP contribution in [0.1, 0.15) is 35.3 Å². The Morgan fingerprint density at radius 3 is 2.61 bits per heavy atom. The monoisotopic (exact) mass is 310 g/mol. The van der Waals surface area contributed by atoms with Gasteiger partial charge in [-0.05, 0) is 42.7 Å². The molecule has 1 amide bonds. The number of hydrogen-bond donors (Lipinski definition) is 1. The highest BCUT2D eigenvalue weighted by Crippen LogP contribution is 2.13. The second kappa shape index (κ2) is 8.13. The van der Waals surface area contributed by atoms with Crippen LogP contribution in [0.25, 0.3) is 0 Å². The number of carbonyl (C=O) groups excluding carboxylic acids is 1. The Bertz CT molecular complexity index is 676. The molecule has 4 heteroatoms. The Morgan fingerprint density at radius 2 is 1.96 bits per heavy atom. The second-order valence-corrected chi connectivity index (χ2v) is 5.84.